The van der Waals surface area contributed by atoms with Gasteiger partial charge in [-0.05, 0) is 27.7 Å². The van der Waals surface area contributed by atoms with E-state index in [1.54, 1.807) is 12.3 Å². The number of aromatic nitrogens is 3. The molecule has 6 heteroatoms. The van der Waals surface area contributed by atoms with Crippen molar-refractivity contribution in [2.75, 3.05) is 18.0 Å². The van der Waals surface area contributed by atoms with Crippen LogP contribution in [0.25, 0.3) is 0 Å². The molecule has 0 aliphatic rings. The number of aromatic amines is 1. The summed E-state index contributed by atoms with van der Waals surface area (Å²) in [4.78, 5) is 6.50. The van der Waals surface area contributed by atoms with E-state index in [1.165, 1.54) is 0 Å². The summed E-state index contributed by atoms with van der Waals surface area (Å²) in [7, 11) is 0. The van der Waals surface area contributed by atoms with E-state index in [9.17, 15) is 0 Å². The number of hydrogen-bond donors (Lipinski definition) is 1. The molecule has 6 nitrogen and oxygen atoms in total. The molecule has 0 saturated heterocycles. The van der Waals surface area contributed by atoms with Crippen molar-refractivity contribution in [3.63, 3.8) is 0 Å². The van der Waals surface area contributed by atoms with E-state index in [-0.39, 0.29) is 0 Å². The molecule has 2 aromatic heterocycles. The van der Waals surface area contributed by atoms with Crippen molar-refractivity contribution in [2.24, 2.45) is 4.99 Å². The van der Waals surface area contributed by atoms with E-state index in [1.807, 2.05) is 13.8 Å². The zero-order valence-electron chi connectivity index (χ0n) is 11.8. The Balaban J connectivity index is 2.29. The van der Waals surface area contributed by atoms with Gasteiger partial charge in [-0.15, -0.1) is 0 Å². The third-order valence-corrected chi connectivity index (χ3v) is 2.98. The molecular weight excluding hydrogens is 242 g/mol. The second-order valence-electron chi connectivity index (χ2n) is 4.31. The normalized spacial score (nSPS) is 11.4. The Morgan fingerprint density at radius 2 is 2.11 bits per heavy atom. The number of H-pyrrole nitrogens is 1. The lowest BCUT2D eigenvalue weighted by Crippen LogP contribution is -2.23. The predicted molar refractivity (Wildman–Crippen MR) is 75.4 cm³/mol. The van der Waals surface area contributed by atoms with Crippen LogP contribution in [0.3, 0.4) is 0 Å². The standard InChI is InChI=1S/C13H19N5O/c1-5-18(6-2)13-11(10(4)15-16-13)8-14-12-7-9(3)19-17-12/h7-8H,5-6H2,1-4H3,(H,15,16). The number of aryl methyl sites for hydroxylation is 2. The molecule has 0 atom stereocenters. The average molecular weight is 261 g/mol. The summed E-state index contributed by atoms with van der Waals surface area (Å²) < 4.78 is 4.99. The molecule has 19 heavy (non-hydrogen) atoms. The fourth-order valence-corrected chi connectivity index (χ4v) is 1.89. The van der Waals surface area contributed by atoms with Crippen LogP contribution in [0, 0.1) is 13.8 Å². The summed E-state index contributed by atoms with van der Waals surface area (Å²) in [6, 6.07) is 1.79. The minimum atomic E-state index is 0.573. The van der Waals surface area contributed by atoms with Crippen molar-refractivity contribution in [3.8, 4) is 0 Å². The fourth-order valence-electron chi connectivity index (χ4n) is 1.89. The largest absolute Gasteiger partial charge is 0.359 e. The van der Waals surface area contributed by atoms with Crippen molar-refractivity contribution >= 4 is 17.9 Å². The molecule has 2 heterocycles. The highest BCUT2D eigenvalue weighted by atomic mass is 16.5. The first-order valence-corrected chi connectivity index (χ1v) is 6.43. The first kappa shape index (κ1) is 13.3. The predicted octanol–water partition coefficient (Wildman–Crippen LogP) is 2.61. The van der Waals surface area contributed by atoms with E-state index < -0.39 is 0 Å². The Morgan fingerprint density at radius 3 is 2.68 bits per heavy atom. The van der Waals surface area contributed by atoms with Gasteiger partial charge >= 0.3 is 0 Å². The summed E-state index contributed by atoms with van der Waals surface area (Å²) in [6.07, 6.45) is 1.78. The molecule has 0 aliphatic heterocycles. The van der Waals surface area contributed by atoms with Gasteiger partial charge in [0.1, 0.15) is 5.76 Å². The molecule has 0 radical (unpaired) electrons. The molecule has 0 spiro atoms. The van der Waals surface area contributed by atoms with Gasteiger partial charge in [0, 0.05) is 31.1 Å². The first-order valence-electron chi connectivity index (χ1n) is 6.43. The van der Waals surface area contributed by atoms with Crippen molar-refractivity contribution < 1.29 is 4.52 Å². The van der Waals surface area contributed by atoms with Crippen molar-refractivity contribution in [1.29, 1.82) is 0 Å². The minimum absolute atomic E-state index is 0.573. The quantitative estimate of drug-likeness (QED) is 0.840. The molecule has 0 bridgehead atoms. The zero-order valence-corrected chi connectivity index (χ0v) is 11.8. The van der Waals surface area contributed by atoms with Gasteiger partial charge in [0.25, 0.3) is 0 Å². The van der Waals surface area contributed by atoms with Gasteiger partial charge in [0.05, 0.1) is 5.56 Å². The van der Waals surface area contributed by atoms with Gasteiger partial charge in [-0.25, -0.2) is 4.99 Å². The Morgan fingerprint density at radius 1 is 1.37 bits per heavy atom. The topological polar surface area (TPSA) is 70.3 Å². The van der Waals surface area contributed by atoms with Gasteiger partial charge in [-0.1, -0.05) is 5.16 Å². The molecule has 0 unspecified atom stereocenters. The maximum atomic E-state index is 4.99. The molecule has 1 N–H and O–H groups in total. The summed E-state index contributed by atoms with van der Waals surface area (Å²) in [5, 5.41) is 11.2. The zero-order chi connectivity index (χ0) is 13.8. The van der Waals surface area contributed by atoms with Gasteiger partial charge < -0.3 is 9.42 Å². The number of nitrogens with zero attached hydrogens (tertiary/aromatic N) is 4. The van der Waals surface area contributed by atoms with E-state index in [0.717, 1.165) is 35.9 Å². The van der Waals surface area contributed by atoms with E-state index >= 15 is 0 Å². The minimum Gasteiger partial charge on any atom is -0.359 e. The van der Waals surface area contributed by atoms with Crippen LogP contribution < -0.4 is 4.90 Å². The lowest BCUT2D eigenvalue weighted by atomic mass is 10.2. The number of hydrogen-bond acceptors (Lipinski definition) is 5. The number of anilines is 1. The van der Waals surface area contributed by atoms with E-state index in [0.29, 0.717) is 5.82 Å². The Labute approximate surface area is 112 Å². The summed E-state index contributed by atoms with van der Waals surface area (Å²) >= 11 is 0. The smallest absolute Gasteiger partial charge is 0.195 e. The lowest BCUT2D eigenvalue weighted by Gasteiger charge is -2.18. The highest BCUT2D eigenvalue weighted by molar-refractivity contribution is 5.89. The van der Waals surface area contributed by atoms with E-state index in [2.05, 4.69) is 39.1 Å². The first-order chi connectivity index (χ1) is 9.15. The monoisotopic (exact) mass is 261 g/mol. The summed E-state index contributed by atoms with van der Waals surface area (Å²) in [6.45, 7) is 9.85. The fraction of sp³-hybridized carbons (Fsp3) is 0.462. The molecule has 2 rings (SSSR count). The van der Waals surface area contributed by atoms with Crippen molar-refractivity contribution in [2.45, 2.75) is 27.7 Å². The number of aliphatic imine (C=N–C) groups is 1. The second-order valence-corrected chi connectivity index (χ2v) is 4.31. The van der Waals surface area contributed by atoms with Crippen LogP contribution in [0.2, 0.25) is 0 Å². The highest BCUT2D eigenvalue weighted by Gasteiger charge is 2.13. The molecule has 102 valence electrons. The van der Waals surface area contributed by atoms with E-state index in [4.69, 9.17) is 4.52 Å². The number of rotatable bonds is 5. The Bertz CT molecular complexity index is 565. The van der Waals surface area contributed by atoms with Crippen LogP contribution in [0.1, 0.15) is 30.9 Å². The second kappa shape index (κ2) is 5.69. The van der Waals surface area contributed by atoms with Gasteiger partial charge in [0.15, 0.2) is 11.6 Å². The average Bonchev–Trinajstić information content (AvgIpc) is 2.96. The Kier molecular flexibility index (Phi) is 3.99. The molecule has 0 aliphatic carbocycles. The highest BCUT2D eigenvalue weighted by Crippen LogP contribution is 2.20. The molecule has 0 amide bonds. The third-order valence-electron chi connectivity index (χ3n) is 2.98. The van der Waals surface area contributed by atoms with Gasteiger partial charge in [0.2, 0.25) is 0 Å². The van der Waals surface area contributed by atoms with Crippen molar-refractivity contribution in [3.05, 3.63) is 23.1 Å². The number of nitrogens with one attached hydrogen (secondary N) is 1. The van der Waals surface area contributed by atoms with Crippen molar-refractivity contribution in [1.82, 2.24) is 15.4 Å². The summed E-state index contributed by atoms with van der Waals surface area (Å²) in [5.41, 5.74) is 1.98. The Hall–Kier alpha value is -2.11. The maximum Gasteiger partial charge on any atom is 0.195 e. The van der Waals surface area contributed by atoms with Crippen LogP contribution >= 0.6 is 0 Å². The van der Waals surface area contributed by atoms with Crippen LogP contribution in [-0.2, 0) is 0 Å². The lowest BCUT2D eigenvalue weighted by molar-refractivity contribution is 0.399. The van der Waals surface area contributed by atoms with Crippen LogP contribution in [-0.4, -0.2) is 34.7 Å². The SMILES string of the molecule is CCN(CC)c1n[nH]c(C)c1C=Nc1cc(C)on1. The molecule has 0 fully saturated rings. The molecular formula is C13H19N5O. The van der Waals surface area contributed by atoms with Crippen LogP contribution in [0.4, 0.5) is 11.6 Å². The maximum absolute atomic E-state index is 4.99. The van der Waals surface area contributed by atoms with Gasteiger partial charge in [-0.2, -0.15) is 5.10 Å². The van der Waals surface area contributed by atoms with Crippen LogP contribution in [0.5, 0.6) is 0 Å². The van der Waals surface area contributed by atoms with Gasteiger partial charge in [-0.3, -0.25) is 5.10 Å². The van der Waals surface area contributed by atoms with Crippen LogP contribution in [0.15, 0.2) is 15.6 Å². The molecule has 2 aromatic rings. The third kappa shape index (κ3) is 2.83. The molecule has 0 aromatic carbocycles. The molecule has 0 saturated carbocycles. The summed E-state index contributed by atoms with van der Waals surface area (Å²) in [5.74, 6) is 2.25.